The first-order valence-corrected chi connectivity index (χ1v) is 5.19. The molecule has 17 heavy (non-hydrogen) atoms. The summed E-state index contributed by atoms with van der Waals surface area (Å²) in [6, 6.07) is 6.26. The van der Waals surface area contributed by atoms with Crippen molar-refractivity contribution in [1.82, 2.24) is 9.97 Å². The molecule has 0 aliphatic rings. The van der Waals surface area contributed by atoms with E-state index >= 15 is 0 Å². The van der Waals surface area contributed by atoms with E-state index in [1.54, 1.807) is 19.1 Å². The van der Waals surface area contributed by atoms with Gasteiger partial charge in [-0.3, -0.25) is 10.1 Å². The molecule has 1 heterocycles. The number of hydrogen-bond acceptors (Lipinski definition) is 4. The molecule has 0 amide bonds. The minimum Gasteiger partial charge on any atom is -0.258 e. The van der Waals surface area contributed by atoms with E-state index in [1.807, 2.05) is 0 Å². The zero-order valence-electron chi connectivity index (χ0n) is 8.92. The Morgan fingerprint density at radius 1 is 1.35 bits per heavy atom. The molecule has 0 saturated heterocycles. The maximum atomic E-state index is 10.7. The Morgan fingerprint density at radius 2 is 2.12 bits per heavy atom. The lowest BCUT2D eigenvalue weighted by atomic mass is 10.1. The first-order valence-electron chi connectivity index (χ1n) is 4.81. The number of benzene rings is 1. The van der Waals surface area contributed by atoms with Crippen LogP contribution in [-0.2, 0) is 0 Å². The van der Waals surface area contributed by atoms with Crippen molar-refractivity contribution in [2.45, 2.75) is 6.92 Å². The van der Waals surface area contributed by atoms with Crippen LogP contribution in [-0.4, -0.2) is 14.9 Å². The molecule has 0 fully saturated rings. The van der Waals surface area contributed by atoms with Gasteiger partial charge in [0, 0.05) is 23.3 Å². The van der Waals surface area contributed by atoms with Gasteiger partial charge < -0.3 is 0 Å². The smallest absolute Gasteiger partial charge is 0.258 e. The second-order valence-electron chi connectivity index (χ2n) is 3.45. The van der Waals surface area contributed by atoms with Crippen LogP contribution in [0, 0.1) is 17.0 Å². The van der Waals surface area contributed by atoms with Gasteiger partial charge >= 0.3 is 0 Å². The summed E-state index contributed by atoms with van der Waals surface area (Å²) in [6.07, 6.45) is 1.34. The third-order valence-electron chi connectivity index (χ3n) is 2.35. The van der Waals surface area contributed by atoms with Crippen LogP contribution >= 0.6 is 11.6 Å². The van der Waals surface area contributed by atoms with Crippen molar-refractivity contribution in [3.8, 4) is 11.3 Å². The molecule has 2 aromatic rings. The van der Waals surface area contributed by atoms with Crippen LogP contribution in [0.2, 0.25) is 5.15 Å². The molecule has 0 aliphatic carbocycles. The molecule has 6 heteroatoms. The van der Waals surface area contributed by atoms with E-state index in [1.165, 1.54) is 18.5 Å². The predicted octanol–water partition coefficient (Wildman–Crippen LogP) is 3.01. The average Bonchev–Trinajstić information content (AvgIpc) is 2.33. The maximum absolute atomic E-state index is 10.7. The highest BCUT2D eigenvalue weighted by atomic mass is 35.5. The Hall–Kier alpha value is -2.01. The number of nitro benzene ring substituents is 1. The fourth-order valence-electron chi connectivity index (χ4n) is 1.49. The van der Waals surface area contributed by atoms with Gasteiger partial charge in [-0.1, -0.05) is 23.7 Å². The van der Waals surface area contributed by atoms with E-state index in [4.69, 9.17) is 11.6 Å². The Balaban J connectivity index is 2.57. The minimum atomic E-state index is -0.443. The molecule has 2 rings (SSSR count). The highest BCUT2D eigenvalue weighted by molar-refractivity contribution is 6.30. The van der Waals surface area contributed by atoms with Gasteiger partial charge in [-0.25, -0.2) is 9.97 Å². The lowest BCUT2D eigenvalue weighted by molar-refractivity contribution is -0.384. The van der Waals surface area contributed by atoms with Crippen molar-refractivity contribution < 1.29 is 4.92 Å². The largest absolute Gasteiger partial charge is 0.270 e. The fraction of sp³-hybridized carbons (Fsp3) is 0.0909. The molecule has 5 nitrogen and oxygen atoms in total. The molecule has 0 spiro atoms. The molecule has 0 saturated carbocycles. The van der Waals surface area contributed by atoms with Gasteiger partial charge in [-0.15, -0.1) is 0 Å². The van der Waals surface area contributed by atoms with E-state index in [2.05, 4.69) is 9.97 Å². The molecule has 0 unspecified atom stereocenters. The molecule has 1 aromatic carbocycles. The lowest BCUT2D eigenvalue weighted by Crippen LogP contribution is -1.93. The van der Waals surface area contributed by atoms with E-state index in [0.717, 1.165) is 0 Å². The molecule has 0 atom stereocenters. The first-order chi connectivity index (χ1) is 8.09. The first kappa shape index (κ1) is 11.5. The molecule has 86 valence electrons. The maximum Gasteiger partial charge on any atom is 0.270 e. The Kier molecular flexibility index (Phi) is 3.01. The van der Waals surface area contributed by atoms with Crippen molar-refractivity contribution in [1.29, 1.82) is 0 Å². The third kappa shape index (κ3) is 2.24. The van der Waals surface area contributed by atoms with Gasteiger partial charge in [0.2, 0.25) is 0 Å². The average molecular weight is 250 g/mol. The summed E-state index contributed by atoms with van der Waals surface area (Å²) in [7, 11) is 0. The normalized spacial score (nSPS) is 10.2. The number of nitro groups is 1. The zero-order valence-corrected chi connectivity index (χ0v) is 9.68. The Bertz CT molecular complexity index is 587. The van der Waals surface area contributed by atoms with Gasteiger partial charge in [-0.05, 0) is 6.92 Å². The van der Waals surface area contributed by atoms with E-state index in [-0.39, 0.29) is 5.69 Å². The van der Waals surface area contributed by atoms with Crippen LogP contribution in [0.25, 0.3) is 11.3 Å². The van der Waals surface area contributed by atoms with Crippen molar-refractivity contribution in [3.05, 3.63) is 51.4 Å². The zero-order chi connectivity index (χ0) is 12.4. The molecule has 0 aliphatic heterocycles. The van der Waals surface area contributed by atoms with Crippen LogP contribution in [0.15, 0.2) is 30.6 Å². The van der Waals surface area contributed by atoms with Crippen molar-refractivity contribution in [2.75, 3.05) is 0 Å². The van der Waals surface area contributed by atoms with Crippen LogP contribution in [0.3, 0.4) is 0 Å². The van der Waals surface area contributed by atoms with Crippen molar-refractivity contribution >= 4 is 17.3 Å². The predicted molar refractivity (Wildman–Crippen MR) is 63.9 cm³/mol. The summed E-state index contributed by atoms with van der Waals surface area (Å²) in [5.74, 6) is 0. The highest BCUT2D eigenvalue weighted by Gasteiger charge is 2.11. The highest BCUT2D eigenvalue weighted by Crippen LogP contribution is 2.27. The van der Waals surface area contributed by atoms with Gasteiger partial charge in [-0.2, -0.15) is 0 Å². The number of halogens is 1. The number of hydrogen-bond donors (Lipinski definition) is 0. The molecule has 1 aromatic heterocycles. The summed E-state index contributed by atoms with van der Waals surface area (Å²) >= 11 is 5.88. The molecule has 0 N–H and O–H groups in total. The number of non-ortho nitro benzene ring substituents is 1. The molecule has 0 bridgehead atoms. The number of aromatic nitrogens is 2. The van der Waals surface area contributed by atoms with Gasteiger partial charge in [0.15, 0.2) is 0 Å². The molecular weight excluding hydrogens is 242 g/mol. The Labute approximate surface area is 102 Å². The summed E-state index contributed by atoms with van der Waals surface area (Å²) in [4.78, 5) is 18.2. The summed E-state index contributed by atoms with van der Waals surface area (Å²) in [5, 5.41) is 11.0. The second-order valence-corrected chi connectivity index (χ2v) is 3.80. The van der Waals surface area contributed by atoms with Gasteiger partial charge in [0.1, 0.15) is 11.5 Å². The third-order valence-corrected chi connectivity index (χ3v) is 2.73. The van der Waals surface area contributed by atoms with Gasteiger partial charge in [0.05, 0.1) is 10.6 Å². The summed E-state index contributed by atoms with van der Waals surface area (Å²) in [5.41, 5.74) is 1.99. The van der Waals surface area contributed by atoms with E-state index in [0.29, 0.717) is 22.0 Å². The quantitative estimate of drug-likeness (QED) is 0.466. The topological polar surface area (TPSA) is 68.9 Å². The molecule has 0 radical (unpaired) electrons. The summed E-state index contributed by atoms with van der Waals surface area (Å²) < 4.78 is 0. The van der Waals surface area contributed by atoms with Gasteiger partial charge in [0.25, 0.3) is 5.69 Å². The lowest BCUT2D eigenvalue weighted by Gasteiger charge is -2.05. The number of rotatable bonds is 2. The molecular formula is C11H8ClN3O2. The standard InChI is InChI=1S/C11H8ClN3O2/c1-7-10(13-6-14-11(7)12)8-3-2-4-9(5-8)15(16)17/h2-6H,1H3. The number of nitrogens with zero attached hydrogens (tertiary/aromatic N) is 3. The minimum absolute atomic E-state index is 0.0247. The fourth-order valence-corrected chi connectivity index (χ4v) is 1.62. The second kappa shape index (κ2) is 4.47. The van der Waals surface area contributed by atoms with Crippen LogP contribution in [0.5, 0.6) is 0 Å². The van der Waals surface area contributed by atoms with Crippen molar-refractivity contribution in [3.63, 3.8) is 0 Å². The van der Waals surface area contributed by atoms with E-state index < -0.39 is 4.92 Å². The SMILES string of the molecule is Cc1c(Cl)ncnc1-c1cccc([N+](=O)[O-])c1. The van der Waals surface area contributed by atoms with Crippen LogP contribution in [0.4, 0.5) is 5.69 Å². The van der Waals surface area contributed by atoms with Crippen LogP contribution in [0.1, 0.15) is 5.56 Å². The van der Waals surface area contributed by atoms with Crippen molar-refractivity contribution in [2.24, 2.45) is 0 Å². The Morgan fingerprint density at radius 3 is 2.82 bits per heavy atom. The summed E-state index contributed by atoms with van der Waals surface area (Å²) in [6.45, 7) is 1.77. The van der Waals surface area contributed by atoms with Crippen LogP contribution < -0.4 is 0 Å². The monoisotopic (exact) mass is 249 g/mol. The van der Waals surface area contributed by atoms with E-state index in [9.17, 15) is 10.1 Å².